The van der Waals surface area contributed by atoms with Crippen LogP contribution in [0.25, 0.3) is 23.5 Å². The van der Waals surface area contributed by atoms with Gasteiger partial charge in [-0.25, -0.2) is 4.79 Å². The summed E-state index contributed by atoms with van der Waals surface area (Å²) in [5, 5.41) is 23.0. The lowest BCUT2D eigenvalue weighted by molar-refractivity contribution is -0.130. The van der Waals surface area contributed by atoms with E-state index in [0.717, 1.165) is 22.1 Å². The minimum absolute atomic E-state index is 0.00964. The number of aliphatic hydroxyl groups is 1. The molecule has 8 bridgehead atoms. The molecular weight excluding hydrogens is 356 g/mol. The summed E-state index contributed by atoms with van der Waals surface area (Å²) >= 11 is 0. The van der Waals surface area contributed by atoms with Gasteiger partial charge in [0, 0.05) is 22.1 Å². The third kappa shape index (κ3) is 2.66. The van der Waals surface area contributed by atoms with Crippen LogP contribution in [0.3, 0.4) is 0 Å². The van der Waals surface area contributed by atoms with Crippen LogP contribution in [0.5, 0.6) is 0 Å². The predicted octanol–water partition coefficient (Wildman–Crippen LogP) is -0.0319. The normalized spacial score (nSPS) is 13.1. The molecule has 6 N–H and O–H groups in total. The lowest BCUT2D eigenvalue weighted by Gasteiger charge is -1.98. The van der Waals surface area contributed by atoms with Crippen molar-refractivity contribution in [2.45, 2.75) is 0 Å². The molecule has 0 saturated carbocycles. The molecule has 28 heavy (non-hydrogen) atoms. The summed E-state index contributed by atoms with van der Waals surface area (Å²) in [6.45, 7) is 0. The van der Waals surface area contributed by atoms with Gasteiger partial charge in [0.05, 0.1) is 22.1 Å². The van der Waals surface area contributed by atoms with Crippen LogP contribution in [0.2, 0.25) is 0 Å². The maximum atomic E-state index is 11.9. The van der Waals surface area contributed by atoms with Crippen molar-refractivity contribution in [3.8, 4) is 0 Å². The molecule has 7 heteroatoms. The molecule has 7 nitrogen and oxygen atoms in total. The van der Waals surface area contributed by atoms with Crippen molar-refractivity contribution in [3.05, 3.63) is 92.7 Å². The zero-order valence-electron chi connectivity index (χ0n) is 14.6. The third-order valence-electron chi connectivity index (χ3n) is 4.72. The molecule has 1 aliphatic heterocycles. The maximum absolute atomic E-state index is 11.9. The number of aliphatic hydroxyl groups excluding tert-OH is 1. The molecule has 0 saturated heterocycles. The molecule has 4 aromatic rings. The van der Waals surface area contributed by atoms with Crippen molar-refractivity contribution in [2.24, 2.45) is 0 Å². The molecule has 5 rings (SSSR count). The zero-order valence-corrected chi connectivity index (χ0v) is 14.6. The molecule has 0 aliphatic carbocycles. The molecule has 5 heterocycles. The van der Waals surface area contributed by atoms with Gasteiger partial charge in [0.2, 0.25) is 0 Å². The zero-order chi connectivity index (χ0) is 19.3. The number of nitrogens with one attached hydrogen (secondary N) is 4. The van der Waals surface area contributed by atoms with Gasteiger partial charge in [-0.05, 0) is 60.7 Å². The molecule has 0 spiro atoms. The second kappa shape index (κ2) is 5.95. The molecule has 0 amide bonds. The van der Waals surface area contributed by atoms with E-state index in [4.69, 9.17) is 0 Å². The number of fused-ring (bicyclic) bond motifs is 8. The van der Waals surface area contributed by atoms with Crippen molar-refractivity contribution in [1.29, 1.82) is 0 Å². The number of hydrogen-bond acceptors (Lipinski definition) is 2. The summed E-state index contributed by atoms with van der Waals surface area (Å²) in [7, 11) is 0. The van der Waals surface area contributed by atoms with E-state index >= 15 is 0 Å². The van der Waals surface area contributed by atoms with Gasteiger partial charge in [0.15, 0.2) is 5.76 Å². The monoisotopic (exact) mass is 372 g/mol. The fourth-order valence-corrected chi connectivity index (χ4v) is 3.41. The Bertz CT molecular complexity index is 1460. The van der Waals surface area contributed by atoms with Crippen molar-refractivity contribution in [1.82, 2.24) is 19.9 Å². The Kier molecular flexibility index (Phi) is 3.42. The fraction of sp³-hybridized carbons (Fsp3) is 0. The Hall–Kier alpha value is -4.13. The fourth-order valence-electron chi connectivity index (χ4n) is 3.41. The molecular formula is C21H16N4O3. The topological polar surface area (TPSA) is 121 Å². The number of hydrogen-bond donors (Lipinski definition) is 6. The minimum atomic E-state index is -1.07. The highest BCUT2D eigenvalue weighted by Gasteiger charge is 2.15. The first-order valence-electron chi connectivity index (χ1n) is 8.70. The van der Waals surface area contributed by atoms with Crippen LogP contribution in [0, 0.1) is 0 Å². The molecule has 0 unspecified atom stereocenters. The van der Waals surface area contributed by atoms with Crippen LogP contribution >= 0.6 is 0 Å². The van der Waals surface area contributed by atoms with Gasteiger partial charge in [-0.1, -0.05) is 0 Å². The smallest absolute Gasteiger partial charge is 0.339 e. The minimum Gasteiger partial charge on any atom is -0.504 e. The summed E-state index contributed by atoms with van der Waals surface area (Å²) in [6, 6.07) is 14.4. The molecule has 0 fully saturated rings. The molecule has 1 aliphatic rings. The first-order chi connectivity index (χ1) is 13.6. The Morgan fingerprint density at radius 3 is 1.96 bits per heavy atom. The number of aliphatic carboxylic acids is 1. The number of carboxylic acids is 1. The van der Waals surface area contributed by atoms with Gasteiger partial charge in [0.1, 0.15) is 5.57 Å². The standard InChI is InChI=1S/C21H16N4O3/c26-20-17-6-4-14(24-17)10-12-2-1-11(22-12)9-13-3-5-15(23-13)19(21(27)28)16-7-8-18(20)25-16/h1-10,22-26H,(H,27,28). The first-order valence-corrected chi connectivity index (χ1v) is 8.70. The van der Waals surface area contributed by atoms with Crippen molar-refractivity contribution in [3.63, 3.8) is 0 Å². The molecule has 0 aromatic carbocycles. The van der Waals surface area contributed by atoms with E-state index in [9.17, 15) is 15.0 Å². The lowest BCUT2D eigenvalue weighted by atomic mass is 10.2. The summed E-state index contributed by atoms with van der Waals surface area (Å²) in [5.74, 6) is -1.06. The van der Waals surface area contributed by atoms with E-state index in [2.05, 4.69) is 19.9 Å². The Morgan fingerprint density at radius 1 is 0.679 bits per heavy atom. The maximum Gasteiger partial charge on any atom is 0.339 e. The number of aromatic amines is 4. The van der Waals surface area contributed by atoms with E-state index in [0.29, 0.717) is 22.1 Å². The highest BCUT2D eigenvalue weighted by Crippen LogP contribution is 2.12. The van der Waals surface area contributed by atoms with E-state index in [1.54, 1.807) is 24.3 Å². The highest BCUT2D eigenvalue weighted by atomic mass is 16.4. The second-order valence-electron chi connectivity index (χ2n) is 6.63. The largest absolute Gasteiger partial charge is 0.504 e. The summed E-state index contributed by atoms with van der Waals surface area (Å²) in [4.78, 5) is 24.5. The number of aromatic nitrogens is 4. The quantitative estimate of drug-likeness (QED) is 0.281. The molecule has 4 aromatic heterocycles. The van der Waals surface area contributed by atoms with E-state index in [-0.39, 0.29) is 11.3 Å². The van der Waals surface area contributed by atoms with E-state index in [1.165, 1.54) is 0 Å². The van der Waals surface area contributed by atoms with Gasteiger partial charge in [0.25, 0.3) is 0 Å². The van der Waals surface area contributed by atoms with Crippen LogP contribution in [0.15, 0.2) is 48.5 Å². The predicted molar refractivity (Wildman–Crippen MR) is 104 cm³/mol. The molecule has 0 atom stereocenters. The SMILES string of the molecule is O=C(O)C1=c2ccc([nH]2)=C(O)c2ccc([nH]2)C=c2ccc([nH]2)=Cc2ccc1[nH]2. The molecule has 138 valence electrons. The van der Waals surface area contributed by atoms with Crippen LogP contribution in [0.1, 0.15) is 22.8 Å². The number of carboxylic acid groups (broad SMARTS) is 1. The van der Waals surface area contributed by atoms with Crippen molar-refractivity contribution < 1.29 is 15.0 Å². The Morgan fingerprint density at radius 2 is 1.29 bits per heavy atom. The van der Waals surface area contributed by atoms with Gasteiger partial charge in [-0.15, -0.1) is 0 Å². The average molecular weight is 372 g/mol. The lowest BCUT2D eigenvalue weighted by Crippen LogP contribution is -2.20. The van der Waals surface area contributed by atoms with Crippen LogP contribution in [0.4, 0.5) is 0 Å². The molecule has 0 radical (unpaired) electrons. The number of H-pyrrole nitrogens is 4. The summed E-state index contributed by atoms with van der Waals surface area (Å²) in [5.41, 5.74) is 2.70. The van der Waals surface area contributed by atoms with Crippen LogP contribution < -0.4 is 21.4 Å². The van der Waals surface area contributed by atoms with Crippen LogP contribution in [-0.2, 0) is 4.79 Å². The third-order valence-corrected chi connectivity index (χ3v) is 4.72. The Labute approximate surface area is 157 Å². The summed E-state index contributed by atoms with van der Waals surface area (Å²) < 4.78 is 0. The van der Waals surface area contributed by atoms with E-state index in [1.807, 2.05) is 36.4 Å². The van der Waals surface area contributed by atoms with Gasteiger partial charge < -0.3 is 30.1 Å². The van der Waals surface area contributed by atoms with Gasteiger partial charge in [-0.2, -0.15) is 0 Å². The van der Waals surface area contributed by atoms with Crippen LogP contribution in [-0.4, -0.2) is 36.1 Å². The van der Waals surface area contributed by atoms with E-state index < -0.39 is 5.97 Å². The van der Waals surface area contributed by atoms with Gasteiger partial charge in [-0.3, -0.25) is 0 Å². The average Bonchev–Trinajstić information content (AvgIpc) is 3.43. The summed E-state index contributed by atoms with van der Waals surface area (Å²) in [6.07, 6.45) is 3.85. The van der Waals surface area contributed by atoms with Crippen molar-refractivity contribution in [2.75, 3.05) is 0 Å². The van der Waals surface area contributed by atoms with Crippen molar-refractivity contribution >= 4 is 29.5 Å². The second-order valence-corrected chi connectivity index (χ2v) is 6.63. The number of carbonyl (C=O) groups is 1. The van der Waals surface area contributed by atoms with Gasteiger partial charge >= 0.3 is 5.97 Å². The first kappa shape index (κ1) is 16.1. The number of rotatable bonds is 1. The highest BCUT2D eigenvalue weighted by molar-refractivity contribution is 6.14. The Balaban J connectivity index is 1.88.